The van der Waals surface area contributed by atoms with Gasteiger partial charge in [0.05, 0.1) is 38.3 Å². The van der Waals surface area contributed by atoms with Crippen molar-refractivity contribution in [1.82, 2.24) is 4.90 Å². The van der Waals surface area contributed by atoms with E-state index in [1.54, 1.807) is 71.8 Å². The minimum atomic E-state index is -1.72. The highest BCUT2D eigenvalue weighted by Gasteiger charge is 2.68. The van der Waals surface area contributed by atoms with Crippen LogP contribution in [0.25, 0.3) is 0 Å². The lowest BCUT2D eigenvalue weighted by Crippen LogP contribution is -2.64. The Hall–Kier alpha value is -4.95. The smallest absolute Gasteiger partial charge is 0.355 e. The maximum absolute atomic E-state index is 15.3. The molecule has 0 radical (unpaired) electrons. The molecule has 8 nitrogen and oxygen atoms in total. The van der Waals surface area contributed by atoms with Crippen LogP contribution >= 0.6 is 11.6 Å². The average molecular weight is 609 g/mol. The number of rotatable bonds is 6. The Morgan fingerprint density at radius 2 is 1.61 bits per heavy atom. The summed E-state index contributed by atoms with van der Waals surface area (Å²) in [6.45, 7) is 2.09. The van der Waals surface area contributed by atoms with E-state index in [-0.39, 0.29) is 23.4 Å². The summed E-state index contributed by atoms with van der Waals surface area (Å²) < 4.78 is 10.4. The number of anilines is 1. The normalized spacial score (nSPS) is 21.8. The Balaban J connectivity index is 1.72. The summed E-state index contributed by atoms with van der Waals surface area (Å²) in [6, 6.07) is 20.6. The van der Waals surface area contributed by atoms with Crippen molar-refractivity contribution in [2.24, 2.45) is 5.92 Å². The number of hydrogen-bond donors (Lipinski definition) is 0. The van der Waals surface area contributed by atoms with E-state index in [0.717, 1.165) is 11.1 Å². The average Bonchev–Trinajstić information content (AvgIpc) is 3.27. The maximum Gasteiger partial charge on any atom is 0.355 e. The van der Waals surface area contributed by atoms with E-state index in [1.807, 2.05) is 37.3 Å². The zero-order valence-corrected chi connectivity index (χ0v) is 25.1. The molecule has 0 saturated carbocycles. The van der Waals surface area contributed by atoms with Gasteiger partial charge >= 0.3 is 11.9 Å². The summed E-state index contributed by atoms with van der Waals surface area (Å²) in [5, 5.41) is 0.350. The number of carbonyl (C=O) groups excluding carboxylic acids is 4. The third-order valence-corrected chi connectivity index (χ3v) is 8.77. The zero-order chi connectivity index (χ0) is 31.2. The fourth-order valence-electron chi connectivity index (χ4n) is 6.63. The van der Waals surface area contributed by atoms with Gasteiger partial charge in [0, 0.05) is 22.5 Å². The molecule has 3 aliphatic rings. The molecule has 0 N–H and O–H groups in total. The summed E-state index contributed by atoms with van der Waals surface area (Å²) in [7, 11) is 2.37. The first-order valence-corrected chi connectivity index (χ1v) is 14.4. The predicted octanol–water partition coefficient (Wildman–Crippen LogP) is 5.30. The second-order valence-electron chi connectivity index (χ2n) is 10.9. The molecule has 222 valence electrons. The van der Waals surface area contributed by atoms with Crippen LogP contribution in [-0.4, -0.2) is 48.8 Å². The third-order valence-electron chi connectivity index (χ3n) is 8.53. The molecular weight excluding hydrogens is 580 g/mol. The van der Waals surface area contributed by atoms with Crippen molar-refractivity contribution in [2.75, 3.05) is 19.1 Å². The number of nitrogens with zero attached hydrogens (tertiary/aromatic N) is 2. The number of fused-ring (bicyclic) bond motifs is 4. The molecule has 44 heavy (non-hydrogen) atoms. The SMILES string of the molecule is COC(=O)C1=C(C(=O)OC)N2C=CC=C[C@@H]2[C@@]2(C(=O)N(Cc3ccccc3)c3ccc(Cl)cc32)[C@@H]1C(=O)c1ccc(C)cc1. The number of halogens is 1. The fourth-order valence-corrected chi connectivity index (χ4v) is 6.80. The molecule has 0 fully saturated rings. The van der Waals surface area contributed by atoms with Crippen molar-refractivity contribution >= 4 is 40.9 Å². The summed E-state index contributed by atoms with van der Waals surface area (Å²) >= 11 is 6.61. The van der Waals surface area contributed by atoms with Crippen LogP contribution in [0.3, 0.4) is 0 Å². The Bertz CT molecular complexity index is 1780. The first-order chi connectivity index (χ1) is 21.2. The van der Waals surface area contributed by atoms with Crippen LogP contribution in [0.1, 0.15) is 27.0 Å². The number of aryl methyl sites for hydroxylation is 1. The van der Waals surface area contributed by atoms with E-state index in [0.29, 0.717) is 16.3 Å². The van der Waals surface area contributed by atoms with Crippen LogP contribution in [0.2, 0.25) is 5.02 Å². The van der Waals surface area contributed by atoms with Gasteiger partial charge in [-0.3, -0.25) is 9.59 Å². The standard InChI is InChI=1S/C35H29ClN2O6/c1-21-12-14-23(15-13-21)31(39)29-28(32(40)43-2)30(33(41)44-3)37-18-8-7-11-27(37)35(29)25-19-24(36)16-17-26(25)38(34(35)42)20-22-9-5-4-6-10-22/h4-19,27,29H,20H2,1-3H3/t27-,29+,35-/m1/s1. The van der Waals surface area contributed by atoms with Gasteiger partial charge in [-0.05, 0) is 42.3 Å². The van der Waals surface area contributed by atoms with Crippen molar-refractivity contribution in [3.05, 3.63) is 136 Å². The molecule has 0 aromatic heterocycles. The second-order valence-corrected chi connectivity index (χ2v) is 11.3. The molecule has 9 heteroatoms. The van der Waals surface area contributed by atoms with Crippen molar-refractivity contribution in [2.45, 2.75) is 24.9 Å². The number of carbonyl (C=O) groups is 4. The van der Waals surface area contributed by atoms with Crippen molar-refractivity contribution in [3.8, 4) is 0 Å². The van der Waals surface area contributed by atoms with Crippen LogP contribution in [-0.2, 0) is 35.8 Å². The molecule has 3 heterocycles. The topological polar surface area (TPSA) is 93.2 Å². The van der Waals surface area contributed by atoms with E-state index in [9.17, 15) is 14.4 Å². The number of Topliss-reactive ketones (excluding diaryl/α,β-unsaturated/α-hetero) is 1. The van der Waals surface area contributed by atoms with E-state index in [1.165, 1.54) is 19.1 Å². The number of hydrogen-bond acceptors (Lipinski definition) is 7. The molecule has 6 rings (SSSR count). The summed E-state index contributed by atoms with van der Waals surface area (Å²) in [5.41, 5.74) is 0.933. The van der Waals surface area contributed by atoms with Crippen LogP contribution < -0.4 is 4.90 Å². The number of methoxy groups -OCH3 is 2. The molecule has 3 aliphatic heterocycles. The molecule has 1 spiro atoms. The van der Waals surface area contributed by atoms with E-state index < -0.39 is 41.0 Å². The molecule has 3 atom stereocenters. The van der Waals surface area contributed by atoms with Crippen LogP contribution in [0.4, 0.5) is 5.69 Å². The van der Waals surface area contributed by atoms with Gasteiger partial charge in [-0.15, -0.1) is 0 Å². The number of ether oxygens (including phenoxy) is 2. The molecule has 1 amide bonds. The van der Waals surface area contributed by atoms with Gasteiger partial charge in [0.25, 0.3) is 0 Å². The van der Waals surface area contributed by atoms with Crippen LogP contribution in [0.15, 0.2) is 108 Å². The number of amides is 1. The lowest BCUT2D eigenvalue weighted by atomic mass is 9.58. The van der Waals surface area contributed by atoms with Gasteiger partial charge in [-0.2, -0.15) is 0 Å². The van der Waals surface area contributed by atoms with Crippen molar-refractivity contribution < 1.29 is 28.7 Å². The van der Waals surface area contributed by atoms with Gasteiger partial charge in [-0.1, -0.05) is 83.9 Å². The summed E-state index contributed by atoms with van der Waals surface area (Å²) in [4.78, 5) is 60.6. The maximum atomic E-state index is 15.3. The highest BCUT2D eigenvalue weighted by molar-refractivity contribution is 6.31. The highest BCUT2D eigenvalue weighted by atomic mass is 35.5. The minimum Gasteiger partial charge on any atom is -0.466 e. The van der Waals surface area contributed by atoms with Crippen LogP contribution in [0, 0.1) is 12.8 Å². The van der Waals surface area contributed by atoms with Crippen molar-refractivity contribution in [1.29, 1.82) is 0 Å². The van der Waals surface area contributed by atoms with Gasteiger partial charge in [-0.25, -0.2) is 9.59 Å². The minimum absolute atomic E-state index is 0.168. The summed E-state index contributed by atoms with van der Waals surface area (Å²) in [6.07, 6.45) is 6.81. The Kier molecular flexibility index (Phi) is 7.47. The largest absolute Gasteiger partial charge is 0.466 e. The number of ketones is 1. The lowest BCUT2D eigenvalue weighted by molar-refractivity contribution is -0.143. The van der Waals surface area contributed by atoms with Gasteiger partial charge in [0.2, 0.25) is 5.91 Å². The van der Waals surface area contributed by atoms with Gasteiger partial charge < -0.3 is 19.3 Å². The Morgan fingerprint density at radius 1 is 0.909 bits per heavy atom. The number of esters is 2. The fraction of sp³-hybridized carbons (Fsp3) is 0.200. The van der Waals surface area contributed by atoms with Gasteiger partial charge in [0.15, 0.2) is 5.78 Å². The third kappa shape index (κ3) is 4.36. The molecule has 0 saturated heterocycles. The molecule has 0 unspecified atom stereocenters. The molecule has 3 aromatic rings. The van der Waals surface area contributed by atoms with E-state index in [4.69, 9.17) is 21.1 Å². The lowest BCUT2D eigenvalue weighted by Gasteiger charge is -2.50. The monoisotopic (exact) mass is 608 g/mol. The second kappa shape index (κ2) is 11.3. The highest BCUT2D eigenvalue weighted by Crippen LogP contribution is 2.58. The molecule has 0 bridgehead atoms. The first-order valence-electron chi connectivity index (χ1n) is 14.0. The summed E-state index contributed by atoms with van der Waals surface area (Å²) in [5.74, 6) is -4.17. The Labute approximate surface area is 259 Å². The predicted molar refractivity (Wildman–Crippen MR) is 165 cm³/mol. The molecule has 3 aromatic carbocycles. The van der Waals surface area contributed by atoms with E-state index >= 15 is 4.79 Å². The van der Waals surface area contributed by atoms with Gasteiger partial charge in [0.1, 0.15) is 11.1 Å². The quantitative estimate of drug-likeness (QED) is 0.277. The first kappa shape index (κ1) is 29.1. The van der Waals surface area contributed by atoms with Crippen molar-refractivity contribution in [3.63, 3.8) is 0 Å². The Morgan fingerprint density at radius 3 is 2.30 bits per heavy atom. The number of allylic oxidation sites excluding steroid dienone is 2. The van der Waals surface area contributed by atoms with Crippen LogP contribution in [0.5, 0.6) is 0 Å². The molecular formula is C35H29ClN2O6. The zero-order valence-electron chi connectivity index (χ0n) is 24.3. The van der Waals surface area contributed by atoms with E-state index in [2.05, 4.69) is 0 Å². The molecule has 0 aliphatic carbocycles. The number of benzene rings is 3.